The number of amides is 1. The topological polar surface area (TPSA) is 20.3 Å². The predicted octanol–water partition coefficient (Wildman–Crippen LogP) is 1.14. The second kappa shape index (κ2) is 3.19. The molecule has 1 fully saturated rings. The smallest absolute Gasteiger partial charge is 0.272 e. The Bertz CT molecular complexity index is 134. The van der Waals surface area contributed by atoms with Crippen molar-refractivity contribution in [2.24, 2.45) is 0 Å². The number of hydrogen-bond donors (Lipinski definition) is 0. The minimum atomic E-state index is -1.85. The lowest BCUT2D eigenvalue weighted by Crippen LogP contribution is -2.32. The molecule has 58 valence electrons. The van der Waals surface area contributed by atoms with E-state index in [-0.39, 0.29) is 0 Å². The summed E-state index contributed by atoms with van der Waals surface area (Å²) in [6.07, 6.45) is 1.94. The van der Waals surface area contributed by atoms with E-state index in [0.717, 1.165) is 12.8 Å². The average molecular weight is 166 g/mol. The summed E-state index contributed by atoms with van der Waals surface area (Å²) in [7, 11) is 0. The van der Waals surface area contributed by atoms with E-state index in [1.54, 1.807) is 0 Å². The summed E-state index contributed by atoms with van der Waals surface area (Å²) in [5, 5.41) is 0. The van der Waals surface area contributed by atoms with E-state index >= 15 is 0 Å². The molecule has 4 heteroatoms. The Morgan fingerprint density at radius 2 is 2.00 bits per heavy atom. The zero-order chi connectivity index (χ0) is 7.56. The van der Waals surface area contributed by atoms with Crippen LogP contribution in [-0.4, -0.2) is 29.5 Å². The van der Waals surface area contributed by atoms with Crippen LogP contribution >= 0.6 is 11.6 Å². The van der Waals surface area contributed by atoms with Gasteiger partial charge in [-0.1, -0.05) is 11.6 Å². The fourth-order valence-electron chi connectivity index (χ4n) is 1.08. The fraction of sp³-hybridized carbons (Fsp3) is 0.833. The van der Waals surface area contributed by atoms with Crippen molar-refractivity contribution in [1.29, 1.82) is 0 Å². The zero-order valence-corrected chi connectivity index (χ0v) is 6.27. The number of carbonyl (C=O) groups is 1. The summed E-state index contributed by atoms with van der Waals surface area (Å²) in [6.45, 7) is 1.32. The maximum atomic E-state index is 12.1. The molecule has 1 aliphatic heterocycles. The highest BCUT2D eigenvalue weighted by atomic mass is 35.5. The SMILES string of the molecule is O=C([C@H](F)Cl)N1CCCC1. The number of carbonyl (C=O) groups excluding carboxylic acids is 1. The normalized spacial score (nSPS) is 21.2. The lowest BCUT2D eigenvalue weighted by Gasteiger charge is -2.13. The van der Waals surface area contributed by atoms with Crippen LogP contribution < -0.4 is 0 Å². The van der Waals surface area contributed by atoms with Crippen molar-refractivity contribution in [3.05, 3.63) is 0 Å². The van der Waals surface area contributed by atoms with E-state index in [4.69, 9.17) is 11.6 Å². The molecule has 0 N–H and O–H groups in total. The summed E-state index contributed by atoms with van der Waals surface area (Å²) >= 11 is 4.95. The van der Waals surface area contributed by atoms with Gasteiger partial charge in [0.25, 0.3) is 11.5 Å². The van der Waals surface area contributed by atoms with E-state index in [1.807, 2.05) is 0 Å². The molecule has 1 saturated heterocycles. The molecule has 1 atom stereocenters. The first kappa shape index (κ1) is 7.79. The van der Waals surface area contributed by atoms with Crippen molar-refractivity contribution in [2.45, 2.75) is 18.5 Å². The molecule has 0 radical (unpaired) electrons. The predicted molar refractivity (Wildman–Crippen MR) is 36.6 cm³/mol. The van der Waals surface area contributed by atoms with Gasteiger partial charge in [-0.3, -0.25) is 4.79 Å². The second-order valence-electron chi connectivity index (χ2n) is 2.33. The zero-order valence-electron chi connectivity index (χ0n) is 5.52. The Morgan fingerprint density at radius 3 is 2.40 bits per heavy atom. The number of halogens is 2. The van der Waals surface area contributed by atoms with Crippen molar-refractivity contribution < 1.29 is 9.18 Å². The molecular weight excluding hydrogens is 157 g/mol. The van der Waals surface area contributed by atoms with Crippen LogP contribution in [0.25, 0.3) is 0 Å². The molecule has 0 aromatic carbocycles. The van der Waals surface area contributed by atoms with Crippen molar-refractivity contribution >= 4 is 17.5 Å². The maximum absolute atomic E-state index is 12.1. The third-order valence-electron chi connectivity index (χ3n) is 1.60. The molecule has 1 rings (SSSR count). The van der Waals surface area contributed by atoms with Gasteiger partial charge in [-0.15, -0.1) is 0 Å². The minimum Gasteiger partial charge on any atom is -0.339 e. The molecule has 0 unspecified atom stereocenters. The summed E-state index contributed by atoms with van der Waals surface area (Å²) in [5.41, 5.74) is -1.85. The van der Waals surface area contributed by atoms with Crippen molar-refractivity contribution in [1.82, 2.24) is 4.90 Å². The van der Waals surface area contributed by atoms with Gasteiger partial charge in [-0.05, 0) is 12.8 Å². The van der Waals surface area contributed by atoms with Gasteiger partial charge in [-0.2, -0.15) is 0 Å². The largest absolute Gasteiger partial charge is 0.339 e. The first-order valence-electron chi connectivity index (χ1n) is 3.29. The highest BCUT2D eigenvalue weighted by Crippen LogP contribution is 2.11. The molecule has 1 heterocycles. The number of hydrogen-bond acceptors (Lipinski definition) is 1. The van der Waals surface area contributed by atoms with Crippen LogP contribution in [0.1, 0.15) is 12.8 Å². The number of rotatable bonds is 1. The van der Waals surface area contributed by atoms with Crippen LogP contribution in [0.4, 0.5) is 4.39 Å². The lowest BCUT2D eigenvalue weighted by molar-refractivity contribution is -0.132. The quantitative estimate of drug-likeness (QED) is 0.534. The van der Waals surface area contributed by atoms with E-state index in [2.05, 4.69) is 0 Å². The van der Waals surface area contributed by atoms with E-state index in [1.165, 1.54) is 4.90 Å². The van der Waals surface area contributed by atoms with Crippen molar-refractivity contribution in [3.8, 4) is 0 Å². The average Bonchev–Trinajstić information content (AvgIpc) is 2.36. The summed E-state index contributed by atoms with van der Waals surface area (Å²) in [5.74, 6) is -0.584. The maximum Gasteiger partial charge on any atom is 0.272 e. The van der Waals surface area contributed by atoms with Gasteiger partial charge < -0.3 is 4.90 Å². The highest BCUT2D eigenvalue weighted by molar-refractivity contribution is 6.29. The van der Waals surface area contributed by atoms with Gasteiger partial charge >= 0.3 is 0 Å². The number of alkyl halides is 2. The second-order valence-corrected chi connectivity index (χ2v) is 2.72. The van der Waals surface area contributed by atoms with Gasteiger partial charge in [-0.25, -0.2) is 4.39 Å². The van der Waals surface area contributed by atoms with E-state index < -0.39 is 11.5 Å². The minimum absolute atomic E-state index is 0.584. The van der Waals surface area contributed by atoms with Crippen LogP contribution in [0.2, 0.25) is 0 Å². The van der Waals surface area contributed by atoms with Crippen LogP contribution in [-0.2, 0) is 4.79 Å². The molecule has 0 aromatic heterocycles. The monoisotopic (exact) mass is 165 g/mol. The molecule has 1 aliphatic rings. The van der Waals surface area contributed by atoms with E-state index in [9.17, 15) is 9.18 Å². The van der Waals surface area contributed by atoms with Crippen LogP contribution in [0.15, 0.2) is 0 Å². The van der Waals surface area contributed by atoms with E-state index in [0.29, 0.717) is 13.1 Å². The summed E-state index contributed by atoms with van der Waals surface area (Å²) in [6, 6.07) is 0. The number of likely N-dealkylation sites (tertiary alicyclic amines) is 1. The first-order valence-corrected chi connectivity index (χ1v) is 3.72. The lowest BCUT2D eigenvalue weighted by atomic mass is 10.4. The summed E-state index contributed by atoms with van der Waals surface area (Å²) in [4.78, 5) is 12.2. The molecule has 0 spiro atoms. The van der Waals surface area contributed by atoms with Crippen LogP contribution in [0, 0.1) is 0 Å². The van der Waals surface area contributed by atoms with Gasteiger partial charge in [0.15, 0.2) is 0 Å². The molecule has 0 bridgehead atoms. The Kier molecular flexibility index (Phi) is 2.49. The molecule has 0 aliphatic carbocycles. The third-order valence-corrected chi connectivity index (χ3v) is 1.79. The Labute approximate surface area is 63.9 Å². The Morgan fingerprint density at radius 1 is 1.50 bits per heavy atom. The Balaban J connectivity index is 2.40. The third kappa shape index (κ3) is 1.59. The molecule has 0 saturated carbocycles. The Hall–Kier alpha value is -0.310. The highest BCUT2D eigenvalue weighted by Gasteiger charge is 2.23. The number of nitrogens with zero attached hydrogens (tertiary/aromatic N) is 1. The van der Waals surface area contributed by atoms with Gasteiger partial charge in [0.05, 0.1) is 0 Å². The molecule has 0 aromatic rings. The molecule has 1 amide bonds. The van der Waals surface area contributed by atoms with Crippen LogP contribution in [0.5, 0.6) is 0 Å². The summed E-state index contributed by atoms with van der Waals surface area (Å²) < 4.78 is 12.1. The van der Waals surface area contributed by atoms with Gasteiger partial charge in [0, 0.05) is 13.1 Å². The first-order chi connectivity index (χ1) is 4.72. The van der Waals surface area contributed by atoms with Crippen molar-refractivity contribution in [3.63, 3.8) is 0 Å². The molecule has 10 heavy (non-hydrogen) atoms. The van der Waals surface area contributed by atoms with Gasteiger partial charge in [0.1, 0.15) is 0 Å². The van der Waals surface area contributed by atoms with Gasteiger partial charge in [0.2, 0.25) is 0 Å². The molecule has 2 nitrogen and oxygen atoms in total. The standard InChI is InChI=1S/C6H9ClFNO/c7-5(8)6(10)9-3-1-2-4-9/h5H,1-4H2/t5-/m0/s1. The molecular formula is C6H9ClFNO. The van der Waals surface area contributed by atoms with Crippen molar-refractivity contribution in [2.75, 3.05) is 13.1 Å². The van der Waals surface area contributed by atoms with Crippen LogP contribution in [0.3, 0.4) is 0 Å². The fourth-order valence-corrected chi connectivity index (χ4v) is 1.21.